The number of hydrogen-bond donors (Lipinski definition) is 2. The largest absolute Gasteiger partial charge is 0.382 e. The van der Waals surface area contributed by atoms with Crippen LogP contribution in [0.15, 0.2) is 18.2 Å². The molecular weight excluding hydrogens is 226 g/mol. The Morgan fingerprint density at radius 1 is 1.56 bits per heavy atom. The van der Waals surface area contributed by atoms with Crippen LogP contribution in [0, 0.1) is 5.41 Å². The minimum Gasteiger partial charge on any atom is -0.382 e. The van der Waals surface area contributed by atoms with Gasteiger partial charge >= 0.3 is 0 Å². The van der Waals surface area contributed by atoms with E-state index in [-0.39, 0.29) is 5.84 Å². The van der Waals surface area contributed by atoms with Crippen LogP contribution in [0.4, 0.5) is 5.82 Å². The van der Waals surface area contributed by atoms with Crippen molar-refractivity contribution in [3.05, 3.63) is 23.9 Å². The molecule has 5 heteroatoms. The van der Waals surface area contributed by atoms with Crippen LogP contribution in [0.2, 0.25) is 0 Å². The van der Waals surface area contributed by atoms with E-state index >= 15 is 0 Å². The Labute approximate surface area is 108 Å². The number of nitrogens with zero attached hydrogens (tertiary/aromatic N) is 3. The van der Waals surface area contributed by atoms with Crippen molar-refractivity contribution in [1.29, 1.82) is 5.41 Å². The van der Waals surface area contributed by atoms with Crippen LogP contribution in [-0.4, -0.2) is 48.9 Å². The highest BCUT2D eigenvalue weighted by molar-refractivity contribution is 5.93. The maximum Gasteiger partial charge on any atom is 0.141 e. The third-order valence-corrected chi connectivity index (χ3v) is 3.26. The second-order valence-corrected chi connectivity index (χ2v) is 5.05. The zero-order chi connectivity index (χ0) is 13.1. The first-order chi connectivity index (χ1) is 8.58. The number of rotatable bonds is 4. The van der Waals surface area contributed by atoms with Gasteiger partial charge in [0.2, 0.25) is 0 Å². The van der Waals surface area contributed by atoms with Crippen LogP contribution in [-0.2, 0) is 0 Å². The van der Waals surface area contributed by atoms with Gasteiger partial charge in [0, 0.05) is 19.1 Å². The van der Waals surface area contributed by atoms with Gasteiger partial charge in [-0.3, -0.25) is 5.41 Å². The normalized spacial score (nSPS) is 19.5. The number of amidine groups is 1. The summed E-state index contributed by atoms with van der Waals surface area (Å²) >= 11 is 0. The van der Waals surface area contributed by atoms with E-state index in [2.05, 4.69) is 28.9 Å². The number of nitrogens with one attached hydrogen (secondary N) is 1. The van der Waals surface area contributed by atoms with E-state index in [9.17, 15) is 0 Å². The van der Waals surface area contributed by atoms with Gasteiger partial charge in [0.15, 0.2) is 0 Å². The number of nitrogen functional groups attached to an aromatic ring is 1. The fraction of sp³-hybridized carbons (Fsp3) is 0.538. The van der Waals surface area contributed by atoms with Crippen molar-refractivity contribution in [2.75, 3.05) is 32.1 Å². The molecule has 1 atom stereocenters. The molecule has 98 valence electrons. The Kier molecular flexibility index (Phi) is 3.81. The van der Waals surface area contributed by atoms with E-state index in [1.807, 2.05) is 12.1 Å². The molecule has 0 saturated carbocycles. The van der Waals surface area contributed by atoms with Crippen LogP contribution >= 0.6 is 0 Å². The first-order valence-electron chi connectivity index (χ1n) is 6.31. The van der Waals surface area contributed by atoms with Crippen molar-refractivity contribution in [2.45, 2.75) is 18.9 Å². The van der Waals surface area contributed by atoms with Crippen molar-refractivity contribution in [2.24, 2.45) is 5.73 Å². The SMILES string of the molecule is CN(C)CC1CCCN1c1cccc(C(=N)N)n1. The molecule has 3 N–H and O–H groups in total. The average Bonchev–Trinajstić information content (AvgIpc) is 2.76. The lowest BCUT2D eigenvalue weighted by atomic mass is 10.2. The van der Waals surface area contributed by atoms with E-state index in [1.165, 1.54) is 12.8 Å². The van der Waals surface area contributed by atoms with E-state index < -0.39 is 0 Å². The molecule has 1 aliphatic rings. The van der Waals surface area contributed by atoms with Crippen molar-refractivity contribution in [3.8, 4) is 0 Å². The van der Waals surface area contributed by atoms with E-state index in [1.54, 1.807) is 6.07 Å². The molecule has 2 rings (SSSR count). The topological polar surface area (TPSA) is 69.2 Å². The molecule has 1 aromatic rings. The molecule has 0 spiro atoms. The van der Waals surface area contributed by atoms with Gasteiger partial charge in [-0.25, -0.2) is 4.98 Å². The van der Waals surface area contributed by atoms with Crippen molar-refractivity contribution >= 4 is 11.7 Å². The molecule has 1 saturated heterocycles. The standard InChI is InChI=1S/C13H21N5/c1-17(2)9-10-5-4-8-18(10)12-7-3-6-11(16-12)13(14)15/h3,6-7,10H,4-5,8-9H2,1-2H3,(H3,14,15). The molecule has 5 nitrogen and oxygen atoms in total. The smallest absolute Gasteiger partial charge is 0.141 e. The third-order valence-electron chi connectivity index (χ3n) is 3.26. The summed E-state index contributed by atoms with van der Waals surface area (Å²) < 4.78 is 0. The molecule has 0 radical (unpaired) electrons. The molecule has 1 fully saturated rings. The summed E-state index contributed by atoms with van der Waals surface area (Å²) in [5.74, 6) is 0.965. The summed E-state index contributed by atoms with van der Waals surface area (Å²) in [6.07, 6.45) is 2.40. The minimum absolute atomic E-state index is 0.0280. The van der Waals surface area contributed by atoms with Crippen molar-refractivity contribution < 1.29 is 0 Å². The second kappa shape index (κ2) is 5.35. The fourth-order valence-electron chi connectivity index (χ4n) is 2.48. The zero-order valence-electron chi connectivity index (χ0n) is 11.1. The van der Waals surface area contributed by atoms with Crippen LogP contribution in [0.3, 0.4) is 0 Å². The molecule has 0 amide bonds. The summed E-state index contributed by atoms with van der Waals surface area (Å²) in [4.78, 5) is 9.00. The van der Waals surface area contributed by atoms with Crippen LogP contribution in [0.25, 0.3) is 0 Å². The summed E-state index contributed by atoms with van der Waals surface area (Å²) in [5, 5.41) is 7.45. The average molecular weight is 247 g/mol. The highest BCUT2D eigenvalue weighted by Gasteiger charge is 2.26. The highest BCUT2D eigenvalue weighted by atomic mass is 15.3. The molecule has 0 aliphatic carbocycles. The van der Waals surface area contributed by atoms with Gasteiger partial charge in [-0.05, 0) is 39.1 Å². The lowest BCUT2D eigenvalue weighted by molar-refractivity contribution is 0.371. The molecule has 1 aromatic heterocycles. The Morgan fingerprint density at radius 2 is 2.33 bits per heavy atom. The second-order valence-electron chi connectivity index (χ2n) is 5.05. The molecule has 1 aliphatic heterocycles. The van der Waals surface area contributed by atoms with Gasteiger partial charge in [-0.15, -0.1) is 0 Å². The Balaban J connectivity index is 2.19. The Bertz CT molecular complexity index is 429. The van der Waals surface area contributed by atoms with Crippen molar-refractivity contribution in [1.82, 2.24) is 9.88 Å². The quantitative estimate of drug-likeness (QED) is 0.612. The van der Waals surface area contributed by atoms with E-state index in [0.29, 0.717) is 11.7 Å². The van der Waals surface area contributed by atoms with Gasteiger partial charge < -0.3 is 15.5 Å². The number of nitrogens with two attached hydrogens (primary N) is 1. The van der Waals surface area contributed by atoms with Crippen LogP contribution in [0.1, 0.15) is 18.5 Å². The monoisotopic (exact) mass is 247 g/mol. The molecule has 18 heavy (non-hydrogen) atoms. The molecule has 0 aromatic carbocycles. The van der Waals surface area contributed by atoms with Crippen LogP contribution < -0.4 is 10.6 Å². The lowest BCUT2D eigenvalue weighted by Crippen LogP contribution is -2.38. The number of hydrogen-bond acceptors (Lipinski definition) is 4. The van der Waals surface area contributed by atoms with Crippen molar-refractivity contribution in [3.63, 3.8) is 0 Å². The van der Waals surface area contributed by atoms with Gasteiger partial charge in [-0.2, -0.15) is 0 Å². The minimum atomic E-state index is 0.0280. The Morgan fingerprint density at radius 3 is 3.00 bits per heavy atom. The molecular formula is C13H21N5. The predicted octanol–water partition coefficient (Wildman–Crippen LogP) is 0.896. The highest BCUT2D eigenvalue weighted by Crippen LogP contribution is 2.24. The number of aromatic nitrogens is 1. The predicted molar refractivity (Wildman–Crippen MR) is 74.2 cm³/mol. The maximum atomic E-state index is 7.45. The van der Waals surface area contributed by atoms with Gasteiger partial charge in [0.25, 0.3) is 0 Å². The molecule has 0 bridgehead atoms. The fourth-order valence-corrected chi connectivity index (χ4v) is 2.48. The number of likely N-dealkylation sites (N-methyl/N-ethyl adjacent to an activating group) is 1. The van der Waals surface area contributed by atoms with Crippen LogP contribution in [0.5, 0.6) is 0 Å². The lowest BCUT2D eigenvalue weighted by Gasteiger charge is -2.28. The molecule has 2 heterocycles. The summed E-state index contributed by atoms with van der Waals surface area (Å²) in [5.41, 5.74) is 6.05. The first-order valence-corrected chi connectivity index (χ1v) is 6.31. The van der Waals surface area contributed by atoms with Gasteiger partial charge in [-0.1, -0.05) is 6.07 Å². The van der Waals surface area contributed by atoms with Gasteiger partial charge in [0.1, 0.15) is 17.3 Å². The van der Waals surface area contributed by atoms with Gasteiger partial charge in [0.05, 0.1) is 0 Å². The number of pyridine rings is 1. The zero-order valence-corrected chi connectivity index (χ0v) is 11.1. The van der Waals surface area contributed by atoms with E-state index in [4.69, 9.17) is 11.1 Å². The summed E-state index contributed by atoms with van der Waals surface area (Å²) in [6, 6.07) is 6.21. The third kappa shape index (κ3) is 2.79. The summed E-state index contributed by atoms with van der Waals surface area (Å²) in [7, 11) is 4.19. The number of anilines is 1. The summed E-state index contributed by atoms with van der Waals surface area (Å²) in [6.45, 7) is 2.07. The maximum absolute atomic E-state index is 7.45. The van der Waals surface area contributed by atoms with E-state index in [0.717, 1.165) is 18.9 Å². The Hall–Kier alpha value is -1.62. The first kappa shape index (κ1) is 12.8. The molecule has 1 unspecified atom stereocenters.